The molecule has 0 aromatic heterocycles. The van der Waals surface area contributed by atoms with E-state index in [1.807, 2.05) is 6.08 Å². The Labute approximate surface area is 65.8 Å². The highest BCUT2D eigenvalue weighted by atomic mass is 79.9. The van der Waals surface area contributed by atoms with Crippen LogP contribution in [-0.2, 0) is 0 Å². The summed E-state index contributed by atoms with van der Waals surface area (Å²) >= 11 is 3.31. The van der Waals surface area contributed by atoms with Crippen molar-refractivity contribution in [2.45, 2.75) is 19.3 Å². The van der Waals surface area contributed by atoms with Gasteiger partial charge in [-0.25, -0.2) is 0 Å². The second-order valence-electron chi connectivity index (χ2n) is 1.85. The molecule has 0 atom stereocenters. The van der Waals surface area contributed by atoms with Crippen molar-refractivity contribution in [1.29, 1.82) is 0 Å². The van der Waals surface area contributed by atoms with Crippen molar-refractivity contribution in [2.24, 2.45) is 0 Å². The van der Waals surface area contributed by atoms with Crippen LogP contribution in [-0.4, -0.2) is 5.33 Å². The van der Waals surface area contributed by atoms with Gasteiger partial charge in [0.2, 0.25) is 0 Å². The van der Waals surface area contributed by atoms with Gasteiger partial charge in [0.25, 0.3) is 0 Å². The van der Waals surface area contributed by atoms with Crippen LogP contribution in [0.3, 0.4) is 0 Å². The van der Waals surface area contributed by atoms with Crippen molar-refractivity contribution >= 4 is 15.9 Å². The molecule has 9 heavy (non-hydrogen) atoms. The Balaban J connectivity index is 2.90. The summed E-state index contributed by atoms with van der Waals surface area (Å²) in [6.45, 7) is 3.65. The lowest BCUT2D eigenvalue weighted by molar-refractivity contribution is 0.869. The minimum atomic E-state index is 0.973. The lowest BCUT2D eigenvalue weighted by Gasteiger charge is -1.86. The molecule has 0 aromatic rings. The fraction of sp³-hybridized carbons (Fsp3) is 0.500. The Hall–Kier alpha value is -0.0400. The summed E-state index contributed by atoms with van der Waals surface area (Å²) in [7, 11) is 0. The largest absolute Gasteiger partial charge is 0.103 e. The minimum absolute atomic E-state index is 0.973. The second kappa shape index (κ2) is 7.96. The summed E-state index contributed by atoms with van der Waals surface area (Å²) in [6.07, 6.45) is 9.82. The summed E-state index contributed by atoms with van der Waals surface area (Å²) < 4.78 is 0. The molecule has 0 amide bonds. The van der Waals surface area contributed by atoms with Gasteiger partial charge in [0.05, 0.1) is 0 Å². The number of unbranched alkanes of at least 4 members (excludes halogenated alkanes) is 2. The maximum atomic E-state index is 3.65. The zero-order valence-corrected chi connectivity index (χ0v) is 7.23. The molecule has 0 saturated heterocycles. The average Bonchev–Trinajstić information content (AvgIpc) is 1.89. The third kappa shape index (κ3) is 7.96. The van der Waals surface area contributed by atoms with Gasteiger partial charge in [0.15, 0.2) is 0 Å². The molecule has 0 aliphatic carbocycles. The summed E-state index contributed by atoms with van der Waals surface area (Å²) in [5.41, 5.74) is 0. The molecule has 0 fully saturated rings. The molecule has 0 aliphatic heterocycles. The third-order valence-electron chi connectivity index (χ3n) is 1.03. The first-order chi connectivity index (χ1) is 4.41. The maximum absolute atomic E-state index is 3.65. The maximum Gasteiger partial charge on any atom is 0.0212 e. The Bertz CT molecular complexity index is 84.6. The monoisotopic (exact) mass is 188 g/mol. The van der Waals surface area contributed by atoms with Crippen LogP contribution in [0.25, 0.3) is 0 Å². The van der Waals surface area contributed by atoms with E-state index in [1.54, 1.807) is 0 Å². The molecule has 0 nitrogen and oxygen atoms in total. The van der Waals surface area contributed by atoms with Crippen molar-refractivity contribution in [1.82, 2.24) is 0 Å². The molecule has 0 bridgehead atoms. The molecular formula is C8H13Br. The van der Waals surface area contributed by atoms with Gasteiger partial charge in [-0.05, 0) is 19.3 Å². The van der Waals surface area contributed by atoms with Crippen molar-refractivity contribution in [3.8, 4) is 0 Å². The van der Waals surface area contributed by atoms with E-state index >= 15 is 0 Å². The van der Waals surface area contributed by atoms with Crippen molar-refractivity contribution < 1.29 is 0 Å². The molecule has 0 unspecified atom stereocenters. The predicted octanol–water partition coefficient (Wildman–Crippen LogP) is 3.29. The van der Waals surface area contributed by atoms with Crippen molar-refractivity contribution in [3.05, 3.63) is 24.8 Å². The highest BCUT2D eigenvalue weighted by Gasteiger charge is 1.77. The first-order valence-electron chi connectivity index (χ1n) is 3.23. The summed E-state index contributed by atoms with van der Waals surface area (Å²) in [5.74, 6) is 0. The van der Waals surface area contributed by atoms with Crippen molar-refractivity contribution in [3.63, 3.8) is 0 Å². The smallest absolute Gasteiger partial charge is 0.0212 e. The Morgan fingerprint density at radius 1 is 1.22 bits per heavy atom. The van der Waals surface area contributed by atoms with Gasteiger partial charge in [0.1, 0.15) is 0 Å². The Morgan fingerprint density at radius 2 is 2.00 bits per heavy atom. The summed E-state index contributed by atoms with van der Waals surface area (Å²) in [6, 6.07) is 0. The molecule has 0 heterocycles. The zero-order valence-electron chi connectivity index (χ0n) is 5.65. The van der Waals surface area contributed by atoms with Gasteiger partial charge >= 0.3 is 0 Å². The van der Waals surface area contributed by atoms with Crippen LogP contribution in [0.1, 0.15) is 19.3 Å². The fourth-order valence-corrected chi connectivity index (χ4v) is 0.825. The van der Waals surface area contributed by atoms with Gasteiger partial charge in [-0.3, -0.25) is 0 Å². The van der Waals surface area contributed by atoms with Gasteiger partial charge in [-0.2, -0.15) is 0 Å². The van der Waals surface area contributed by atoms with E-state index in [1.165, 1.54) is 12.8 Å². The summed E-state index contributed by atoms with van der Waals surface area (Å²) in [4.78, 5) is 0. The standard InChI is InChI=1S/C8H13Br/c1-2-3-4-5-6-7-8-9/h2,6-7H,1,3-5,8H2/b7-6+. The van der Waals surface area contributed by atoms with E-state index in [2.05, 4.69) is 34.7 Å². The zero-order chi connectivity index (χ0) is 6.95. The molecule has 1 heteroatoms. The highest BCUT2D eigenvalue weighted by molar-refractivity contribution is 9.09. The van der Waals surface area contributed by atoms with E-state index in [0.29, 0.717) is 0 Å². The van der Waals surface area contributed by atoms with Gasteiger partial charge in [-0.1, -0.05) is 34.2 Å². The van der Waals surface area contributed by atoms with E-state index in [-0.39, 0.29) is 0 Å². The first kappa shape index (κ1) is 8.96. The van der Waals surface area contributed by atoms with Crippen LogP contribution in [0, 0.1) is 0 Å². The lowest BCUT2D eigenvalue weighted by Crippen LogP contribution is -1.67. The molecule has 0 rings (SSSR count). The van der Waals surface area contributed by atoms with Gasteiger partial charge in [0, 0.05) is 5.33 Å². The van der Waals surface area contributed by atoms with Gasteiger partial charge in [-0.15, -0.1) is 6.58 Å². The number of halogens is 1. The van der Waals surface area contributed by atoms with E-state index in [0.717, 1.165) is 11.8 Å². The Morgan fingerprint density at radius 3 is 2.56 bits per heavy atom. The molecule has 0 aromatic carbocycles. The molecule has 0 radical (unpaired) electrons. The number of alkyl halides is 1. The SMILES string of the molecule is C=CCCC/C=C/CBr. The Kier molecular flexibility index (Phi) is 7.92. The summed E-state index contributed by atoms with van der Waals surface area (Å²) in [5, 5.41) is 0.973. The normalized spacial score (nSPS) is 10.3. The molecule has 0 spiro atoms. The number of hydrogen-bond acceptors (Lipinski definition) is 0. The number of hydrogen-bond donors (Lipinski definition) is 0. The predicted molar refractivity (Wildman–Crippen MR) is 47.0 cm³/mol. The molecular weight excluding hydrogens is 176 g/mol. The number of rotatable bonds is 5. The van der Waals surface area contributed by atoms with E-state index in [9.17, 15) is 0 Å². The number of allylic oxidation sites excluding steroid dienone is 3. The fourth-order valence-electron chi connectivity index (χ4n) is 0.561. The highest BCUT2D eigenvalue weighted by Crippen LogP contribution is 1.96. The molecule has 0 N–H and O–H groups in total. The molecule has 52 valence electrons. The lowest BCUT2D eigenvalue weighted by atomic mass is 10.2. The average molecular weight is 189 g/mol. The molecule has 0 aliphatic rings. The quantitative estimate of drug-likeness (QED) is 0.353. The van der Waals surface area contributed by atoms with Crippen molar-refractivity contribution in [2.75, 3.05) is 5.33 Å². The van der Waals surface area contributed by atoms with E-state index in [4.69, 9.17) is 0 Å². The third-order valence-corrected chi connectivity index (χ3v) is 1.41. The van der Waals surface area contributed by atoms with Gasteiger partial charge < -0.3 is 0 Å². The van der Waals surface area contributed by atoms with Crippen LogP contribution >= 0.6 is 15.9 Å². The minimum Gasteiger partial charge on any atom is -0.103 e. The van der Waals surface area contributed by atoms with Crippen LogP contribution in [0.4, 0.5) is 0 Å². The second-order valence-corrected chi connectivity index (χ2v) is 2.49. The first-order valence-corrected chi connectivity index (χ1v) is 4.36. The van der Waals surface area contributed by atoms with E-state index < -0.39 is 0 Å². The van der Waals surface area contributed by atoms with Crippen LogP contribution in [0.5, 0.6) is 0 Å². The van der Waals surface area contributed by atoms with Crippen LogP contribution in [0.2, 0.25) is 0 Å². The van der Waals surface area contributed by atoms with Crippen LogP contribution < -0.4 is 0 Å². The van der Waals surface area contributed by atoms with Crippen LogP contribution in [0.15, 0.2) is 24.8 Å². The molecule has 0 saturated carbocycles. The topological polar surface area (TPSA) is 0 Å².